The molecule has 1 aliphatic heterocycles. The second kappa shape index (κ2) is 16.0. The fourth-order valence-electron chi connectivity index (χ4n) is 3.64. The summed E-state index contributed by atoms with van der Waals surface area (Å²) < 4.78 is 32.5. The molecule has 0 aromatic carbocycles. The van der Waals surface area contributed by atoms with Crippen molar-refractivity contribution in [3.05, 3.63) is 0 Å². The summed E-state index contributed by atoms with van der Waals surface area (Å²) in [6.45, 7) is 9.68. The maximum absolute atomic E-state index is 12.2. The van der Waals surface area contributed by atoms with Gasteiger partial charge in [0.25, 0.3) is 0 Å². The molecular weight excluding hydrogens is 520 g/mol. The normalized spacial score (nSPS) is 22.7. The van der Waals surface area contributed by atoms with E-state index in [1.165, 1.54) is 13.8 Å². The minimum absolute atomic E-state index is 0.0979. The van der Waals surface area contributed by atoms with Crippen molar-refractivity contribution in [2.24, 2.45) is 0 Å². The molecule has 0 aromatic heterocycles. The Kier molecular flexibility index (Phi) is 13.8. The Hall–Kier alpha value is -3.26. The van der Waals surface area contributed by atoms with Gasteiger partial charge in [0, 0.05) is 40.7 Å². The number of ether oxygens (including phenoxy) is 6. The molecule has 0 bridgehead atoms. The smallest absolute Gasteiger partial charge is 0.306 e. The van der Waals surface area contributed by atoms with Crippen LogP contribution in [-0.4, -0.2) is 91.7 Å². The first-order valence-corrected chi connectivity index (χ1v) is 12.6. The van der Waals surface area contributed by atoms with Gasteiger partial charge in [0.15, 0.2) is 18.5 Å². The highest BCUT2D eigenvalue weighted by atomic mass is 16.7. The average molecular weight is 561 g/mol. The number of carbonyl (C=O) groups excluding carboxylic acids is 6. The van der Waals surface area contributed by atoms with Crippen LogP contribution in [0.3, 0.4) is 0 Å². The molecule has 39 heavy (non-hydrogen) atoms. The lowest BCUT2D eigenvalue weighted by Gasteiger charge is -2.44. The molecule has 0 radical (unpaired) electrons. The third-order valence-electron chi connectivity index (χ3n) is 4.98. The molecule has 0 spiro atoms. The number of hydrogen-bond donors (Lipinski definition) is 2. The topological polar surface area (TPSA) is 182 Å². The van der Waals surface area contributed by atoms with Crippen molar-refractivity contribution in [3.8, 4) is 0 Å². The van der Waals surface area contributed by atoms with Crippen molar-refractivity contribution in [1.82, 2.24) is 10.6 Å². The Morgan fingerprint density at radius 1 is 0.846 bits per heavy atom. The van der Waals surface area contributed by atoms with Crippen LogP contribution in [0.25, 0.3) is 0 Å². The standard InChI is InChI=1S/C25H40N2O12/c1-14(28)27-21-23(37-17(4)31)22(36-16(3)30)18(13-35-15(2)29)38-24(21)34-12-10-19(32)26-11-8-9-20(33)39-25(5,6)7/h18,21-24H,8-13H2,1-7H3,(H,26,32)(H,27,28)/t18?,21?,22-,23+,24+/m0/s1. The molecule has 2 N–H and O–H groups in total. The van der Waals surface area contributed by atoms with Crippen molar-refractivity contribution >= 4 is 35.7 Å². The molecule has 2 unspecified atom stereocenters. The molecule has 0 saturated carbocycles. The molecule has 2 amide bonds. The number of rotatable bonds is 13. The highest BCUT2D eigenvalue weighted by molar-refractivity contribution is 5.76. The zero-order chi connectivity index (χ0) is 29.8. The number of hydrogen-bond acceptors (Lipinski definition) is 12. The van der Waals surface area contributed by atoms with Gasteiger partial charge in [-0.25, -0.2) is 0 Å². The molecule has 0 aliphatic carbocycles. The fraction of sp³-hybridized carbons (Fsp3) is 0.760. The van der Waals surface area contributed by atoms with E-state index in [1.54, 1.807) is 20.8 Å². The van der Waals surface area contributed by atoms with Crippen LogP contribution in [0.5, 0.6) is 0 Å². The van der Waals surface area contributed by atoms with Crippen LogP contribution in [0.1, 0.15) is 67.7 Å². The van der Waals surface area contributed by atoms with E-state index in [4.69, 9.17) is 28.4 Å². The quantitative estimate of drug-likeness (QED) is 0.179. The summed E-state index contributed by atoms with van der Waals surface area (Å²) in [6.07, 6.45) is -4.43. The largest absolute Gasteiger partial charge is 0.463 e. The number of amides is 2. The van der Waals surface area contributed by atoms with Gasteiger partial charge < -0.3 is 39.1 Å². The zero-order valence-electron chi connectivity index (χ0n) is 23.5. The van der Waals surface area contributed by atoms with E-state index >= 15 is 0 Å². The van der Waals surface area contributed by atoms with E-state index in [2.05, 4.69) is 10.6 Å². The first-order valence-electron chi connectivity index (χ1n) is 12.6. The number of esters is 4. The van der Waals surface area contributed by atoms with Crippen LogP contribution >= 0.6 is 0 Å². The van der Waals surface area contributed by atoms with Crippen molar-refractivity contribution in [1.29, 1.82) is 0 Å². The molecule has 14 nitrogen and oxygen atoms in total. The van der Waals surface area contributed by atoms with Crippen LogP contribution in [0.15, 0.2) is 0 Å². The van der Waals surface area contributed by atoms with Gasteiger partial charge in [0.05, 0.1) is 13.0 Å². The molecule has 1 aliphatic rings. The maximum atomic E-state index is 12.2. The second-order valence-corrected chi connectivity index (χ2v) is 9.88. The highest BCUT2D eigenvalue weighted by Gasteiger charge is 2.51. The SMILES string of the molecule is CC(=O)NC1[C@H](OCCC(=O)NCCCC(=O)OC(C)(C)C)OC(COC(C)=O)[C@H](OC(C)=O)[C@@H]1OC(C)=O. The molecule has 1 heterocycles. The maximum Gasteiger partial charge on any atom is 0.306 e. The molecule has 5 atom stereocenters. The van der Waals surface area contributed by atoms with Gasteiger partial charge in [-0.3, -0.25) is 28.8 Å². The monoisotopic (exact) mass is 560 g/mol. The Labute approximate surface area is 227 Å². The lowest BCUT2D eigenvalue weighted by Crippen LogP contribution is -2.66. The fourth-order valence-corrected chi connectivity index (χ4v) is 3.64. The molecule has 222 valence electrons. The van der Waals surface area contributed by atoms with E-state index in [0.717, 1.165) is 13.8 Å². The van der Waals surface area contributed by atoms with Crippen molar-refractivity contribution in [2.45, 2.75) is 104 Å². The third kappa shape index (κ3) is 13.9. The molecule has 1 rings (SSSR count). The first-order chi connectivity index (χ1) is 18.1. The summed E-state index contributed by atoms with van der Waals surface area (Å²) >= 11 is 0. The molecule has 1 fully saturated rings. The minimum Gasteiger partial charge on any atom is -0.463 e. The molecule has 0 aromatic rings. The number of carbonyl (C=O) groups is 6. The van der Waals surface area contributed by atoms with E-state index in [-0.39, 0.29) is 44.5 Å². The Balaban J connectivity index is 2.85. The van der Waals surface area contributed by atoms with Crippen molar-refractivity contribution in [3.63, 3.8) is 0 Å². The predicted octanol–water partition coefficient (Wildman–Crippen LogP) is 0.287. The summed E-state index contributed by atoms with van der Waals surface area (Å²) in [6, 6.07) is -1.12. The second-order valence-electron chi connectivity index (χ2n) is 9.88. The molecule has 14 heteroatoms. The highest BCUT2D eigenvalue weighted by Crippen LogP contribution is 2.28. The lowest BCUT2D eigenvalue weighted by molar-refractivity contribution is -0.277. The summed E-state index contributed by atoms with van der Waals surface area (Å²) in [5.41, 5.74) is -0.585. The zero-order valence-corrected chi connectivity index (χ0v) is 23.5. The summed E-state index contributed by atoms with van der Waals surface area (Å²) in [5.74, 6) is -3.33. The Morgan fingerprint density at radius 3 is 2.00 bits per heavy atom. The lowest BCUT2D eigenvalue weighted by atomic mass is 9.96. The van der Waals surface area contributed by atoms with Crippen LogP contribution in [0.4, 0.5) is 0 Å². The van der Waals surface area contributed by atoms with Gasteiger partial charge in [-0.15, -0.1) is 0 Å². The van der Waals surface area contributed by atoms with Crippen LogP contribution in [0, 0.1) is 0 Å². The van der Waals surface area contributed by atoms with Gasteiger partial charge >= 0.3 is 23.9 Å². The van der Waals surface area contributed by atoms with Gasteiger partial charge in [0.1, 0.15) is 24.4 Å². The molecular formula is C25H40N2O12. The van der Waals surface area contributed by atoms with Gasteiger partial charge in [-0.2, -0.15) is 0 Å². The van der Waals surface area contributed by atoms with Crippen molar-refractivity contribution in [2.75, 3.05) is 19.8 Å². The van der Waals surface area contributed by atoms with E-state index in [0.29, 0.717) is 6.42 Å². The van der Waals surface area contributed by atoms with Crippen LogP contribution in [0.2, 0.25) is 0 Å². The average Bonchev–Trinajstić information content (AvgIpc) is 2.77. The van der Waals surface area contributed by atoms with E-state index in [9.17, 15) is 28.8 Å². The predicted molar refractivity (Wildman–Crippen MR) is 133 cm³/mol. The number of nitrogens with one attached hydrogen (secondary N) is 2. The first kappa shape index (κ1) is 33.8. The van der Waals surface area contributed by atoms with Gasteiger partial charge in [-0.05, 0) is 27.2 Å². The van der Waals surface area contributed by atoms with Crippen LogP contribution < -0.4 is 10.6 Å². The summed E-state index contributed by atoms with van der Waals surface area (Å²) in [7, 11) is 0. The minimum atomic E-state index is -1.26. The van der Waals surface area contributed by atoms with Crippen molar-refractivity contribution < 1.29 is 57.2 Å². The van der Waals surface area contributed by atoms with Crippen LogP contribution in [-0.2, 0) is 57.2 Å². The summed E-state index contributed by atoms with van der Waals surface area (Å²) in [4.78, 5) is 71.0. The Morgan fingerprint density at radius 2 is 1.46 bits per heavy atom. The molecule has 1 saturated heterocycles. The Bertz CT molecular complexity index is 885. The van der Waals surface area contributed by atoms with E-state index < -0.39 is 60.1 Å². The van der Waals surface area contributed by atoms with Gasteiger partial charge in [0.2, 0.25) is 11.8 Å². The summed E-state index contributed by atoms with van der Waals surface area (Å²) in [5, 5.41) is 5.24. The van der Waals surface area contributed by atoms with E-state index in [1.807, 2.05) is 0 Å². The third-order valence-corrected chi connectivity index (χ3v) is 4.98. The van der Waals surface area contributed by atoms with Gasteiger partial charge in [-0.1, -0.05) is 0 Å².